The van der Waals surface area contributed by atoms with E-state index in [0.29, 0.717) is 5.56 Å². The van der Waals surface area contributed by atoms with Gasteiger partial charge in [-0.3, -0.25) is 4.79 Å². The van der Waals surface area contributed by atoms with Crippen molar-refractivity contribution in [2.75, 3.05) is 19.6 Å². The van der Waals surface area contributed by atoms with Crippen LogP contribution in [0.5, 0.6) is 0 Å². The molecule has 0 heterocycles. The predicted octanol–water partition coefficient (Wildman–Crippen LogP) is 0.988. The van der Waals surface area contributed by atoms with Gasteiger partial charge in [0, 0.05) is 6.54 Å². The third-order valence-corrected chi connectivity index (χ3v) is 2.29. The minimum absolute atomic E-state index is 0.0868. The van der Waals surface area contributed by atoms with Crippen LogP contribution >= 0.6 is 0 Å². The van der Waals surface area contributed by atoms with E-state index in [9.17, 15) is 23.1 Å². The van der Waals surface area contributed by atoms with Crippen LogP contribution in [-0.2, 0) is 4.79 Å². The number of aliphatic hydroxyl groups is 1. The van der Waals surface area contributed by atoms with Crippen LogP contribution < -0.4 is 10.6 Å². The van der Waals surface area contributed by atoms with Gasteiger partial charge in [-0.2, -0.15) is 13.2 Å². The van der Waals surface area contributed by atoms with E-state index in [0.717, 1.165) is 0 Å². The predicted molar refractivity (Wildman–Crippen MR) is 63.3 cm³/mol. The van der Waals surface area contributed by atoms with E-state index in [2.05, 4.69) is 5.32 Å². The Morgan fingerprint density at radius 1 is 1.26 bits per heavy atom. The van der Waals surface area contributed by atoms with Crippen LogP contribution in [0.3, 0.4) is 0 Å². The zero-order valence-electron chi connectivity index (χ0n) is 10.1. The van der Waals surface area contributed by atoms with Crippen molar-refractivity contribution >= 4 is 5.91 Å². The number of nitrogens with one attached hydrogen (secondary N) is 2. The topological polar surface area (TPSA) is 61.4 Å². The molecule has 0 bridgehead atoms. The van der Waals surface area contributed by atoms with Gasteiger partial charge < -0.3 is 15.7 Å². The molecule has 0 spiro atoms. The van der Waals surface area contributed by atoms with Crippen molar-refractivity contribution in [2.24, 2.45) is 0 Å². The quantitative estimate of drug-likeness (QED) is 0.726. The summed E-state index contributed by atoms with van der Waals surface area (Å²) in [6, 6.07) is 8.75. The molecule has 0 aliphatic rings. The van der Waals surface area contributed by atoms with Crippen molar-refractivity contribution in [3.63, 3.8) is 0 Å². The summed E-state index contributed by atoms with van der Waals surface area (Å²) in [7, 11) is 0. The van der Waals surface area contributed by atoms with Crippen molar-refractivity contribution in [3.05, 3.63) is 35.9 Å². The normalized spacial score (nSPS) is 13.1. The van der Waals surface area contributed by atoms with Gasteiger partial charge in [0.25, 0.3) is 0 Å². The SMILES string of the molecule is O=C(CNCC(O)c1ccccc1)NCC(F)(F)F. The number of carbonyl (C=O) groups excluding carboxylic acids is 1. The smallest absolute Gasteiger partial charge is 0.387 e. The zero-order chi connectivity index (χ0) is 14.3. The lowest BCUT2D eigenvalue weighted by atomic mass is 10.1. The van der Waals surface area contributed by atoms with Gasteiger partial charge in [0.05, 0.1) is 12.6 Å². The number of hydrogen-bond donors (Lipinski definition) is 3. The molecule has 0 aliphatic carbocycles. The summed E-state index contributed by atoms with van der Waals surface area (Å²) in [4.78, 5) is 11.1. The van der Waals surface area contributed by atoms with Crippen LogP contribution in [0.2, 0.25) is 0 Å². The fraction of sp³-hybridized carbons (Fsp3) is 0.417. The molecule has 0 radical (unpaired) electrons. The first kappa shape index (κ1) is 15.5. The molecule has 7 heteroatoms. The van der Waals surface area contributed by atoms with E-state index in [4.69, 9.17) is 0 Å². The van der Waals surface area contributed by atoms with E-state index < -0.39 is 24.7 Å². The van der Waals surface area contributed by atoms with Crippen molar-refractivity contribution in [1.29, 1.82) is 0 Å². The largest absolute Gasteiger partial charge is 0.405 e. The number of carbonyl (C=O) groups is 1. The number of benzene rings is 1. The molecule has 0 aromatic heterocycles. The van der Waals surface area contributed by atoms with Crippen LogP contribution in [0.15, 0.2) is 30.3 Å². The van der Waals surface area contributed by atoms with Gasteiger partial charge in [0.15, 0.2) is 0 Å². The summed E-state index contributed by atoms with van der Waals surface area (Å²) in [5.41, 5.74) is 0.672. The average molecular weight is 276 g/mol. The van der Waals surface area contributed by atoms with Gasteiger partial charge in [0.2, 0.25) is 5.91 Å². The lowest BCUT2D eigenvalue weighted by Gasteiger charge is -2.12. The van der Waals surface area contributed by atoms with Gasteiger partial charge >= 0.3 is 6.18 Å². The Morgan fingerprint density at radius 2 is 1.89 bits per heavy atom. The fourth-order valence-corrected chi connectivity index (χ4v) is 1.38. The summed E-state index contributed by atoms with van der Waals surface area (Å²) < 4.78 is 35.4. The molecule has 1 aromatic carbocycles. The lowest BCUT2D eigenvalue weighted by Crippen LogP contribution is -2.40. The second kappa shape index (κ2) is 7.10. The highest BCUT2D eigenvalue weighted by molar-refractivity contribution is 5.78. The van der Waals surface area contributed by atoms with E-state index >= 15 is 0 Å². The maximum atomic E-state index is 11.8. The van der Waals surface area contributed by atoms with Crippen LogP contribution in [0, 0.1) is 0 Å². The number of rotatable bonds is 6. The molecule has 106 valence electrons. The Kier molecular flexibility index (Phi) is 5.78. The number of halogens is 3. The van der Waals surface area contributed by atoms with E-state index in [1.165, 1.54) is 0 Å². The van der Waals surface area contributed by atoms with Gasteiger partial charge in [-0.1, -0.05) is 30.3 Å². The maximum Gasteiger partial charge on any atom is 0.405 e. The molecule has 0 aliphatic heterocycles. The fourth-order valence-electron chi connectivity index (χ4n) is 1.38. The van der Waals surface area contributed by atoms with Crippen molar-refractivity contribution in [1.82, 2.24) is 10.6 Å². The third-order valence-electron chi connectivity index (χ3n) is 2.29. The minimum atomic E-state index is -4.42. The molecule has 0 saturated heterocycles. The summed E-state index contributed by atoms with van der Waals surface area (Å²) in [5.74, 6) is -0.766. The Labute approximate surface area is 108 Å². The van der Waals surface area contributed by atoms with Crippen LogP contribution in [-0.4, -0.2) is 36.8 Å². The Balaban J connectivity index is 2.22. The summed E-state index contributed by atoms with van der Waals surface area (Å²) in [6.07, 6.45) is -5.23. The Bertz CT molecular complexity index is 396. The molecular formula is C12H15F3N2O2. The molecule has 0 fully saturated rings. The summed E-state index contributed by atoms with van der Waals surface area (Å²) in [6.45, 7) is -1.54. The molecule has 3 N–H and O–H groups in total. The highest BCUT2D eigenvalue weighted by atomic mass is 19.4. The molecule has 1 atom stereocenters. The number of hydrogen-bond acceptors (Lipinski definition) is 3. The first-order chi connectivity index (χ1) is 8.88. The van der Waals surface area contributed by atoms with Crippen molar-refractivity contribution in [2.45, 2.75) is 12.3 Å². The summed E-state index contributed by atoms with van der Waals surface area (Å²) in [5, 5.41) is 14.0. The molecule has 1 unspecified atom stereocenters. The third kappa shape index (κ3) is 6.78. The Morgan fingerprint density at radius 3 is 2.47 bits per heavy atom. The molecule has 19 heavy (non-hydrogen) atoms. The van der Waals surface area contributed by atoms with E-state index in [1.54, 1.807) is 35.6 Å². The average Bonchev–Trinajstić information content (AvgIpc) is 2.36. The lowest BCUT2D eigenvalue weighted by molar-refractivity contribution is -0.137. The molecule has 1 amide bonds. The van der Waals surface area contributed by atoms with Gasteiger partial charge in [0.1, 0.15) is 6.54 Å². The van der Waals surface area contributed by atoms with Crippen molar-refractivity contribution < 1.29 is 23.1 Å². The molecule has 4 nitrogen and oxygen atoms in total. The van der Waals surface area contributed by atoms with Crippen molar-refractivity contribution in [3.8, 4) is 0 Å². The van der Waals surface area contributed by atoms with Crippen LogP contribution in [0.4, 0.5) is 13.2 Å². The highest BCUT2D eigenvalue weighted by Gasteiger charge is 2.27. The number of aliphatic hydroxyl groups excluding tert-OH is 1. The minimum Gasteiger partial charge on any atom is -0.387 e. The molecule has 1 rings (SSSR count). The monoisotopic (exact) mass is 276 g/mol. The summed E-state index contributed by atoms with van der Waals surface area (Å²) >= 11 is 0. The van der Waals surface area contributed by atoms with Gasteiger partial charge in [-0.25, -0.2) is 0 Å². The molecule has 0 saturated carbocycles. The first-order valence-corrected chi connectivity index (χ1v) is 5.65. The second-order valence-corrected chi connectivity index (χ2v) is 3.95. The Hall–Kier alpha value is -1.60. The molecule has 1 aromatic rings. The first-order valence-electron chi connectivity index (χ1n) is 5.65. The molecular weight excluding hydrogens is 261 g/mol. The maximum absolute atomic E-state index is 11.8. The van der Waals surface area contributed by atoms with Crippen LogP contribution in [0.1, 0.15) is 11.7 Å². The second-order valence-electron chi connectivity index (χ2n) is 3.95. The van der Waals surface area contributed by atoms with E-state index in [1.807, 2.05) is 0 Å². The highest BCUT2D eigenvalue weighted by Crippen LogP contribution is 2.12. The van der Waals surface area contributed by atoms with E-state index in [-0.39, 0.29) is 13.1 Å². The van der Waals surface area contributed by atoms with Crippen LogP contribution in [0.25, 0.3) is 0 Å². The number of alkyl halides is 3. The van der Waals surface area contributed by atoms with Gasteiger partial charge in [-0.05, 0) is 5.56 Å². The standard InChI is InChI=1S/C12H15F3N2O2/c13-12(14,15)8-17-11(19)7-16-6-10(18)9-4-2-1-3-5-9/h1-5,10,16,18H,6-8H2,(H,17,19). The number of amides is 1. The zero-order valence-corrected chi connectivity index (χ0v) is 10.1. The van der Waals surface area contributed by atoms with Gasteiger partial charge in [-0.15, -0.1) is 0 Å².